The van der Waals surface area contributed by atoms with Crippen LogP contribution in [0.5, 0.6) is 0 Å². The van der Waals surface area contributed by atoms with E-state index in [9.17, 15) is 9.59 Å². The largest absolute Gasteiger partial charge is 0.464 e. The summed E-state index contributed by atoms with van der Waals surface area (Å²) in [6, 6.07) is 7.91. The van der Waals surface area contributed by atoms with E-state index in [-0.39, 0.29) is 11.6 Å². The van der Waals surface area contributed by atoms with Crippen LogP contribution >= 0.6 is 22.7 Å². The number of furan rings is 1. The van der Waals surface area contributed by atoms with E-state index in [2.05, 4.69) is 29.9 Å². The summed E-state index contributed by atoms with van der Waals surface area (Å²) < 4.78 is 5.43. The first-order valence-electron chi connectivity index (χ1n) is 11.2. The summed E-state index contributed by atoms with van der Waals surface area (Å²) >= 11 is 3.00. The minimum absolute atomic E-state index is 0.00495. The molecule has 0 aliphatic rings. The van der Waals surface area contributed by atoms with Crippen LogP contribution < -0.4 is 0 Å². The monoisotopic (exact) mass is 480 g/mol. The standard InChI is InChI=1S/C26H28N2O3S2/c1-18(2)3-7-24(29)26(12-21-14-27-16-32-21,13-22-15-28-17-33-22)25(30)8-5-19-4-6-23-20(11-19)9-10-31-23/h4,6,9-11,14-18H,3,5,7-8,12-13H2,1-2H3. The van der Waals surface area contributed by atoms with E-state index in [0.29, 0.717) is 38.0 Å². The number of rotatable bonds is 12. The van der Waals surface area contributed by atoms with E-state index >= 15 is 0 Å². The van der Waals surface area contributed by atoms with E-state index < -0.39 is 5.41 Å². The third-order valence-electron chi connectivity index (χ3n) is 6.09. The lowest BCUT2D eigenvalue weighted by molar-refractivity contribution is -0.141. The van der Waals surface area contributed by atoms with Gasteiger partial charge in [-0.1, -0.05) is 19.9 Å². The minimum atomic E-state index is -1.09. The van der Waals surface area contributed by atoms with Crippen LogP contribution in [0.2, 0.25) is 0 Å². The lowest BCUT2D eigenvalue weighted by Crippen LogP contribution is -2.43. The van der Waals surface area contributed by atoms with E-state index in [1.54, 1.807) is 29.7 Å². The van der Waals surface area contributed by atoms with Crippen LogP contribution in [-0.4, -0.2) is 21.5 Å². The van der Waals surface area contributed by atoms with Crippen molar-refractivity contribution < 1.29 is 14.0 Å². The Balaban J connectivity index is 1.63. The maximum atomic E-state index is 13.9. The third kappa shape index (κ3) is 5.65. The quantitative estimate of drug-likeness (QED) is 0.222. The molecule has 0 radical (unpaired) electrons. The number of nitrogens with zero attached hydrogens (tertiary/aromatic N) is 2. The van der Waals surface area contributed by atoms with Gasteiger partial charge in [0.2, 0.25) is 0 Å². The first kappa shape index (κ1) is 23.5. The molecule has 0 bridgehead atoms. The van der Waals surface area contributed by atoms with Gasteiger partial charge in [0.25, 0.3) is 0 Å². The second-order valence-electron chi connectivity index (χ2n) is 8.94. The van der Waals surface area contributed by atoms with Crippen LogP contribution in [0.3, 0.4) is 0 Å². The summed E-state index contributed by atoms with van der Waals surface area (Å²) in [6.07, 6.45) is 8.10. The molecule has 0 saturated heterocycles. The van der Waals surface area contributed by atoms with Crippen LogP contribution in [0.25, 0.3) is 11.0 Å². The molecule has 7 heteroatoms. The fourth-order valence-electron chi connectivity index (χ4n) is 4.19. The van der Waals surface area contributed by atoms with Crippen LogP contribution in [0.4, 0.5) is 0 Å². The highest BCUT2D eigenvalue weighted by molar-refractivity contribution is 7.09. The van der Waals surface area contributed by atoms with Crippen molar-refractivity contribution in [1.29, 1.82) is 0 Å². The van der Waals surface area contributed by atoms with E-state index in [4.69, 9.17) is 4.42 Å². The summed E-state index contributed by atoms with van der Waals surface area (Å²) in [7, 11) is 0. The molecule has 0 aliphatic heterocycles. The molecule has 0 unspecified atom stereocenters. The molecular formula is C26H28N2O3S2. The molecule has 33 heavy (non-hydrogen) atoms. The second kappa shape index (κ2) is 10.5. The second-order valence-corrected chi connectivity index (χ2v) is 10.9. The Bertz CT molecular complexity index is 1160. The summed E-state index contributed by atoms with van der Waals surface area (Å²) in [5.41, 5.74) is 4.33. The molecule has 1 aromatic carbocycles. The van der Waals surface area contributed by atoms with Gasteiger partial charge in [-0.25, -0.2) is 0 Å². The SMILES string of the molecule is CC(C)CCC(=O)C(Cc1cncs1)(Cc1cncs1)C(=O)CCc1ccc2occc2c1. The highest BCUT2D eigenvalue weighted by Gasteiger charge is 2.45. The molecule has 0 atom stereocenters. The van der Waals surface area contributed by atoms with Gasteiger partial charge in [0.05, 0.1) is 22.7 Å². The highest BCUT2D eigenvalue weighted by Crippen LogP contribution is 2.36. The first-order chi connectivity index (χ1) is 16.0. The van der Waals surface area contributed by atoms with Gasteiger partial charge >= 0.3 is 0 Å². The fraction of sp³-hybridized carbons (Fsp3) is 0.385. The Morgan fingerprint density at radius 2 is 1.64 bits per heavy atom. The van der Waals surface area contributed by atoms with Crippen LogP contribution in [-0.2, 0) is 28.9 Å². The normalized spacial score (nSPS) is 12.0. The van der Waals surface area contributed by atoms with Crippen molar-refractivity contribution in [3.05, 3.63) is 69.3 Å². The molecule has 3 aromatic heterocycles. The third-order valence-corrected chi connectivity index (χ3v) is 7.65. The molecule has 0 aliphatic carbocycles. The topological polar surface area (TPSA) is 73.1 Å². The molecule has 0 amide bonds. The van der Waals surface area contributed by atoms with E-state index in [1.165, 1.54) is 22.7 Å². The maximum absolute atomic E-state index is 13.9. The van der Waals surface area contributed by atoms with Crippen molar-refractivity contribution in [3.63, 3.8) is 0 Å². The Labute approximate surface area is 201 Å². The summed E-state index contributed by atoms with van der Waals surface area (Å²) in [4.78, 5) is 38.0. The number of ketones is 2. The number of hydrogen-bond donors (Lipinski definition) is 0. The number of aryl methyl sites for hydroxylation is 1. The Hall–Kier alpha value is -2.64. The van der Waals surface area contributed by atoms with Crippen molar-refractivity contribution in [2.75, 3.05) is 0 Å². The maximum Gasteiger partial charge on any atom is 0.147 e. The number of carbonyl (C=O) groups excluding carboxylic acids is 2. The number of benzene rings is 1. The highest BCUT2D eigenvalue weighted by atomic mass is 32.1. The molecule has 5 nitrogen and oxygen atoms in total. The number of thiazole rings is 2. The first-order valence-corrected chi connectivity index (χ1v) is 13.0. The number of fused-ring (bicyclic) bond motifs is 1. The minimum Gasteiger partial charge on any atom is -0.464 e. The lowest BCUT2D eigenvalue weighted by Gasteiger charge is -2.31. The summed E-state index contributed by atoms with van der Waals surface area (Å²) in [6.45, 7) is 4.21. The van der Waals surface area contributed by atoms with Gasteiger partial charge < -0.3 is 4.42 Å². The Morgan fingerprint density at radius 1 is 0.970 bits per heavy atom. The lowest BCUT2D eigenvalue weighted by atomic mass is 9.70. The smallest absolute Gasteiger partial charge is 0.147 e. The van der Waals surface area contributed by atoms with Crippen LogP contribution in [0, 0.1) is 11.3 Å². The zero-order valence-electron chi connectivity index (χ0n) is 19.0. The summed E-state index contributed by atoms with van der Waals surface area (Å²) in [5.74, 6) is 0.439. The molecule has 0 fully saturated rings. The van der Waals surface area contributed by atoms with Gasteiger partial charge in [0.1, 0.15) is 17.1 Å². The zero-order chi connectivity index (χ0) is 23.3. The molecule has 0 spiro atoms. The number of Topliss-reactive ketones (excluding diaryl/α,β-unsaturated/α-hetero) is 2. The fourth-order valence-corrected chi connectivity index (χ4v) is 5.61. The molecule has 0 N–H and O–H groups in total. The van der Waals surface area contributed by atoms with Crippen molar-refractivity contribution in [1.82, 2.24) is 9.97 Å². The molecule has 4 aromatic rings. The van der Waals surface area contributed by atoms with Crippen molar-refractivity contribution in [2.45, 2.75) is 52.4 Å². The van der Waals surface area contributed by atoms with Gasteiger partial charge in [-0.3, -0.25) is 19.6 Å². The molecule has 4 rings (SSSR count). The van der Waals surface area contributed by atoms with Gasteiger partial charge in [-0.05, 0) is 42.5 Å². The van der Waals surface area contributed by atoms with Crippen LogP contribution in [0.15, 0.2) is 58.4 Å². The van der Waals surface area contributed by atoms with E-state index in [0.717, 1.165) is 32.7 Å². The Morgan fingerprint density at radius 3 is 2.24 bits per heavy atom. The molecule has 172 valence electrons. The van der Waals surface area contributed by atoms with Gasteiger partial charge in [0.15, 0.2) is 0 Å². The van der Waals surface area contributed by atoms with Gasteiger partial charge in [0, 0.05) is 53.2 Å². The number of aromatic nitrogens is 2. The zero-order valence-corrected chi connectivity index (χ0v) is 20.6. The average Bonchev–Trinajstić information content (AvgIpc) is 3.57. The van der Waals surface area contributed by atoms with Gasteiger partial charge in [-0.15, -0.1) is 22.7 Å². The Kier molecular flexibility index (Phi) is 7.50. The predicted molar refractivity (Wildman–Crippen MR) is 133 cm³/mol. The number of carbonyl (C=O) groups is 2. The van der Waals surface area contributed by atoms with Crippen molar-refractivity contribution >= 4 is 45.2 Å². The number of hydrogen-bond acceptors (Lipinski definition) is 7. The summed E-state index contributed by atoms with van der Waals surface area (Å²) in [5, 5.41) is 1.02. The molecular weight excluding hydrogens is 452 g/mol. The van der Waals surface area contributed by atoms with Crippen molar-refractivity contribution in [3.8, 4) is 0 Å². The van der Waals surface area contributed by atoms with Gasteiger partial charge in [-0.2, -0.15) is 0 Å². The van der Waals surface area contributed by atoms with Crippen molar-refractivity contribution in [2.24, 2.45) is 11.3 Å². The molecule has 3 heterocycles. The van der Waals surface area contributed by atoms with Crippen LogP contribution in [0.1, 0.15) is 48.4 Å². The van der Waals surface area contributed by atoms with E-state index in [1.807, 2.05) is 18.2 Å². The molecule has 0 saturated carbocycles. The average molecular weight is 481 g/mol. The predicted octanol–water partition coefficient (Wildman–Crippen LogP) is 6.32.